The first-order valence-corrected chi connectivity index (χ1v) is 9.75. The van der Waals surface area contributed by atoms with Crippen molar-refractivity contribution in [3.05, 3.63) is 81.7 Å². The van der Waals surface area contributed by atoms with Crippen molar-refractivity contribution in [2.45, 2.75) is 20.4 Å². The Hall–Kier alpha value is -3.19. The average molecular weight is 454 g/mol. The zero-order valence-electron chi connectivity index (χ0n) is 16.0. The second-order valence-electron chi connectivity index (χ2n) is 6.47. The van der Waals surface area contributed by atoms with Crippen LogP contribution < -0.4 is 10.6 Å². The van der Waals surface area contributed by atoms with Crippen LogP contribution >= 0.6 is 15.9 Å². The molecule has 2 aromatic carbocycles. The van der Waals surface area contributed by atoms with Gasteiger partial charge in [-0.15, -0.1) is 0 Å². The molecule has 0 fully saturated rings. The molecule has 1 aromatic heterocycles. The van der Waals surface area contributed by atoms with Crippen molar-refractivity contribution in [1.29, 1.82) is 0 Å². The number of nitrogens with zero attached hydrogens (tertiary/aromatic N) is 1. The summed E-state index contributed by atoms with van der Waals surface area (Å²) in [5.74, 6) is -0.382. The maximum Gasteiger partial charge on any atom is 0.313 e. The maximum atomic E-state index is 12.0. The van der Waals surface area contributed by atoms with Gasteiger partial charge >= 0.3 is 11.8 Å². The van der Waals surface area contributed by atoms with E-state index in [2.05, 4.69) is 31.6 Å². The van der Waals surface area contributed by atoms with E-state index in [-0.39, 0.29) is 6.54 Å². The molecule has 0 aliphatic rings. The smallest absolute Gasteiger partial charge is 0.313 e. The van der Waals surface area contributed by atoms with Crippen LogP contribution in [0.3, 0.4) is 0 Å². The molecular formula is C22H20BrN3O3. The molecule has 1 heterocycles. The Balaban J connectivity index is 1.51. The summed E-state index contributed by atoms with van der Waals surface area (Å²) in [6, 6.07) is 16.5. The van der Waals surface area contributed by atoms with E-state index in [9.17, 15) is 9.59 Å². The van der Waals surface area contributed by atoms with Gasteiger partial charge in [0, 0.05) is 10.2 Å². The summed E-state index contributed by atoms with van der Waals surface area (Å²) in [5.41, 5.74) is 3.53. The lowest BCUT2D eigenvalue weighted by Gasteiger charge is -2.07. The molecular weight excluding hydrogens is 434 g/mol. The highest BCUT2D eigenvalue weighted by atomic mass is 79.9. The Bertz CT molecular complexity index is 1060. The summed E-state index contributed by atoms with van der Waals surface area (Å²) in [7, 11) is 0. The number of carbonyl (C=O) groups is 2. The van der Waals surface area contributed by atoms with Crippen molar-refractivity contribution in [3.8, 4) is 0 Å². The lowest BCUT2D eigenvalue weighted by Crippen LogP contribution is -2.34. The summed E-state index contributed by atoms with van der Waals surface area (Å²) < 4.78 is 6.58. The third kappa shape index (κ3) is 5.89. The third-order valence-corrected chi connectivity index (χ3v) is 4.77. The zero-order valence-corrected chi connectivity index (χ0v) is 17.6. The molecule has 7 heteroatoms. The molecule has 0 spiro atoms. The van der Waals surface area contributed by atoms with Gasteiger partial charge in [-0.3, -0.25) is 14.6 Å². The third-order valence-electron chi connectivity index (χ3n) is 4.24. The minimum atomic E-state index is -0.732. The van der Waals surface area contributed by atoms with Gasteiger partial charge in [0.15, 0.2) is 0 Å². The summed E-state index contributed by atoms with van der Waals surface area (Å²) in [4.78, 5) is 28.4. The number of halogens is 1. The van der Waals surface area contributed by atoms with E-state index in [1.54, 1.807) is 24.4 Å². The molecule has 0 unspecified atom stereocenters. The van der Waals surface area contributed by atoms with Crippen LogP contribution in [-0.4, -0.2) is 18.0 Å². The average Bonchev–Trinajstić information content (AvgIpc) is 3.16. The van der Waals surface area contributed by atoms with E-state index in [1.165, 1.54) is 0 Å². The zero-order chi connectivity index (χ0) is 20.8. The number of rotatable bonds is 5. The largest absolute Gasteiger partial charge is 0.458 e. The predicted octanol–water partition coefficient (Wildman–Crippen LogP) is 4.66. The fraction of sp³-hybridized carbons (Fsp3) is 0.136. The second kappa shape index (κ2) is 9.34. The normalized spacial score (nSPS) is 10.9. The topological polar surface area (TPSA) is 83.7 Å². The number of hydrogen-bond acceptors (Lipinski definition) is 4. The SMILES string of the molecule is Cc1ccc(NC(=O)C(=O)NCc2ccc(C=Nc3ccc(Br)cc3)o2)cc1C. The molecule has 29 heavy (non-hydrogen) atoms. The molecule has 0 aliphatic heterocycles. The molecule has 0 bridgehead atoms. The van der Waals surface area contributed by atoms with Gasteiger partial charge in [0.1, 0.15) is 11.5 Å². The Kier molecular flexibility index (Phi) is 6.61. The molecule has 3 aromatic rings. The maximum absolute atomic E-state index is 12.0. The standard InChI is InChI=1S/C22H20BrN3O3/c1-14-3-6-18(11-15(14)2)26-22(28)21(27)25-13-20-10-9-19(29-20)12-24-17-7-4-16(23)5-8-17/h3-12H,13H2,1-2H3,(H,25,27)(H,26,28). The molecule has 2 amide bonds. The van der Waals surface area contributed by atoms with Gasteiger partial charge in [0.05, 0.1) is 18.4 Å². The van der Waals surface area contributed by atoms with E-state index in [4.69, 9.17) is 4.42 Å². The van der Waals surface area contributed by atoms with Crippen LogP contribution in [-0.2, 0) is 16.1 Å². The Morgan fingerprint density at radius 3 is 2.48 bits per heavy atom. The molecule has 0 aliphatic carbocycles. The fourth-order valence-electron chi connectivity index (χ4n) is 2.48. The van der Waals surface area contributed by atoms with Crippen molar-refractivity contribution in [2.24, 2.45) is 4.99 Å². The first-order chi connectivity index (χ1) is 13.9. The molecule has 148 valence electrons. The van der Waals surface area contributed by atoms with Gasteiger partial charge in [-0.25, -0.2) is 0 Å². The van der Waals surface area contributed by atoms with Crippen molar-refractivity contribution in [2.75, 3.05) is 5.32 Å². The minimum Gasteiger partial charge on any atom is -0.458 e. The summed E-state index contributed by atoms with van der Waals surface area (Å²) in [5, 5.41) is 5.13. The van der Waals surface area contributed by atoms with E-state index in [1.807, 2.05) is 50.2 Å². The molecule has 0 saturated carbocycles. The van der Waals surface area contributed by atoms with Crippen molar-refractivity contribution in [1.82, 2.24) is 5.32 Å². The van der Waals surface area contributed by atoms with Crippen LogP contribution in [0.4, 0.5) is 11.4 Å². The van der Waals surface area contributed by atoms with Crippen LogP contribution in [0.2, 0.25) is 0 Å². The van der Waals surface area contributed by atoms with E-state index >= 15 is 0 Å². The number of nitrogens with one attached hydrogen (secondary N) is 2. The van der Waals surface area contributed by atoms with Crippen molar-refractivity contribution in [3.63, 3.8) is 0 Å². The lowest BCUT2D eigenvalue weighted by atomic mass is 10.1. The van der Waals surface area contributed by atoms with Gasteiger partial charge in [0.25, 0.3) is 0 Å². The van der Waals surface area contributed by atoms with Crippen molar-refractivity contribution < 1.29 is 14.0 Å². The van der Waals surface area contributed by atoms with E-state index in [0.717, 1.165) is 21.3 Å². The number of aryl methyl sites for hydroxylation is 2. The first kappa shape index (κ1) is 20.5. The van der Waals surface area contributed by atoms with E-state index < -0.39 is 11.8 Å². The monoisotopic (exact) mass is 453 g/mol. The van der Waals surface area contributed by atoms with Crippen LogP contribution in [0, 0.1) is 13.8 Å². The second-order valence-corrected chi connectivity index (χ2v) is 7.39. The summed E-state index contributed by atoms with van der Waals surface area (Å²) >= 11 is 3.37. The summed E-state index contributed by atoms with van der Waals surface area (Å²) in [6.45, 7) is 4.03. The Labute approximate surface area is 177 Å². The van der Waals surface area contributed by atoms with Crippen LogP contribution in [0.25, 0.3) is 0 Å². The van der Waals surface area contributed by atoms with Gasteiger partial charge < -0.3 is 15.1 Å². The van der Waals surface area contributed by atoms with Crippen LogP contribution in [0.15, 0.2) is 68.5 Å². The van der Waals surface area contributed by atoms with Gasteiger partial charge in [-0.2, -0.15) is 0 Å². The molecule has 0 radical (unpaired) electrons. The van der Waals surface area contributed by atoms with E-state index in [0.29, 0.717) is 17.2 Å². The molecule has 3 rings (SSSR count). The van der Waals surface area contributed by atoms with Gasteiger partial charge in [0.2, 0.25) is 0 Å². The number of hydrogen-bond donors (Lipinski definition) is 2. The fourth-order valence-corrected chi connectivity index (χ4v) is 2.74. The van der Waals surface area contributed by atoms with Crippen LogP contribution in [0.1, 0.15) is 22.6 Å². The number of benzene rings is 2. The van der Waals surface area contributed by atoms with Gasteiger partial charge in [-0.1, -0.05) is 22.0 Å². The first-order valence-electron chi connectivity index (χ1n) is 8.95. The molecule has 6 nitrogen and oxygen atoms in total. The number of anilines is 1. The highest BCUT2D eigenvalue weighted by Gasteiger charge is 2.14. The molecule has 2 N–H and O–H groups in total. The minimum absolute atomic E-state index is 0.102. The number of carbonyl (C=O) groups excluding carboxylic acids is 2. The highest BCUT2D eigenvalue weighted by Crippen LogP contribution is 2.17. The highest BCUT2D eigenvalue weighted by molar-refractivity contribution is 9.10. The predicted molar refractivity (Wildman–Crippen MR) is 116 cm³/mol. The Morgan fingerprint density at radius 1 is 1.00 bits per heavy atom. The van der Waals surface area contributed by atoms with Gasteiger partial charge in [-0.05, 0) is 73.5 Å². The quantitative estimate of drug-likeness (QED) is 0.434. The number of amides is 2. The lowest BCUT2D eigenvalue weighted by molar-refractivity contribution is -0.136. The summed E-state index contributed by atoms with van der Waals surface area (Å²) in [6.07, 6.45) is 1.60. The molecule has 0 saturated heterocycles. The number of aliphatic imine (C=N–C) groups is 1. The molecule has 0 atom stereocenters. The van der Waals surface area contributed by atoms with Crippen molar-refractivity contribution >= 4 is 45.3 Å². The number of furan rings is 1. The Morgan fingerprint density at radius 2 is 1.76 bits per heavy atom. The van der Waals surface area contributed by atoms with Crippen LogP contribution in [0.5, 0.6) is 0 Å².